The Bertz CT molecular complexity index is 1020. The van der Waals surface area contributed by atoms with Gasteiger partial charge in [0.05, 0.1) is 6.04 Å². The maximum atomic E-state index is 13.0. The molecule has 1 aliphatic heterocycles. The third kappa shape index (κ3) is 4.98. The van der Waals surface area contributed by atoms with Crippen molar-refractivity contribution in [2.45, 2.75) is 31.8 Å². The molecule has 1 heterocycles. The van der Waals surface area contributed by atoms with Gasteiger partial charge in [0, 0.05) is 0 Å². The first-order chi connectivity index (χ1) is 14.9. The third-order valence-corrected chi connectivity index (χ3v) is 4.99. The van der Waals surface area contributed by atoms with Crippen LogP contribution in [-0.2, 0) is 15.1 Å². The Balaban J connectivity index is 1.68. The predicted octanol–water partition coefficient (Wildman–Crippen LogP) is 3.37. The van der Waals surface area contributed by atoms with Crippen LogP contribution in [0.3, 0.4) is 0 Å². The van der Waals surface area contributed by atoms with Crippen molar-refractivity contribution in [2.75, 3.05) is 6.54 Å². The van der Waals surface area contributed by atoms with Crippen LogP contribution in [0, 0.1) is 5.82 Å². The summed E-state index contributed by atoms with van der Waals surface area (Å²) in [7, 11) is 0. The standard InChI is InChI=1S/C21H19F4N3O4/c1-12(13-3-7-15(22)8-4-13)26-17(29)11-28-18(30)20(2,27-19(28)31)14-5-9-16(10-6-14)32-21(23,24)25/h3-10,12H,11H2,1-2H3,(H,26,29)(H,27,31). The van der Waals surface area contributed by atoms with Gasteiger partial charge in [0.2, 0.25) is 5.91 Å². The number of urea groups is 1. The normalized spacial score (nSPS) is 19.5. The van der Waals surface area contributed by atoms with E-state index in [4.69, 9.17) is 0 Å². The van der Waals surface area contributed by atoms with E-state index < -0.39 is 53.9 Å². The van der Waals surface area contributed by atoms with Gasteiger partial charge in [-0.1, -0.05) is 24.3 Å². The molecule has 2 N–H and O–H groups in total. The van der Waals surface area contributed by atoms with E-state index in [0.29, 0.717) is 10.5 Å². The van der Waals surface area contributed by atoms with Crippen LogP contribution in [0.15, 0.2) is 48.5 Å². The first-order valence-corrected chi connectivity index (χ1v) is 9.44. The highest BCUT2D eigenvalue weighted by atomic mass is 19.4. The zero-order valence-corrected chi connectivity index (χ0v) is 17.0. The fraction of sp³-hybridized carbons (Fsp3) is 0.286. The molecular formula is C21H19F4N3O4. The van der Waals surface area contributed by atoms with Crippen LogP contribution in [0.5, 0.6) is 5.75 Å². The summed E-state index contributed by atoms with van der Waals surface area (Å²) in [4.78, 5) is 38.3. The molecule has 2 aromatic carbocycles. The van der Waals surface area contributed by atoms with Crippen molar-refractivity contribution in [1.29, 1.82) is 0 Å². The highest BCUT2D eigenvalue weighted by Crippen LogP contribution is 2.31. The topological polar surface area (TPSA) is 87.7 Å². The quantitative estimate of drug-likeness (QED) is 0.519. The molecule has 1 fully saturated rings. The Morgan fingerprint density at radius 3 is 2.28 bits per heavy atom. The van der Waals surface area contributed by atoms with Gasteiger partial charge in [-0.3, -0.25) is 14.5 Å². The van der Waals surface area contributed by atoms with E-state index in [-0.39, 0.29) is 5.56 Å². The zero-order chi connectivity index (χ0) is 23.7. The molecule has 0 bridgehead atoms. The van der Waals surface area contributed by atoms with Gasteiger partial charge in [-0.2, -0.15) is 0 Å². The Labute approximate surface area is 180 Å². The average Bonchev–Trinajstić information content (AvgIpc) is 2.91. The van der Waals surface area contributed by atoms with Gasteiger partial charge in [-0.05, 0) is 49.2 Å². The number of hydrogen-bond donors (Lipinski definition) is 2. The van der Waals surface area contributed by atoms with Crippen molar-refractivity contribution in [3.8, 4) is 5.75 Å². The number of halogens is 4. The smallest absolute Gasteiger partial charge is 0.406 e. The molecule has 2 unspecified atom stereocenters. The second kappa shape index (κ2) is 8.48. The maximum Gasteiger partial charge on any atom is 0.573 e. The molecule has 3 rings (SSSR count). The molecule has 0 spiro atoms. The van der Waals surface area contributed by atoms with Crippen LogP contribution in [-0.4, -0.2) is 35.7 Å². The Morgan fingerprint density at radius 1 is 1.12 bits per heavy atom. The summed E-state index contributed by atoms with van der Waals surface area (Å²) in [6, 6.07) is 8.64. The molecule has 0 aromatic heterocycles. The number of carbonyl (C=O) groups excluding carboxylic acids is 3. The monoisotopic (exact) mass is 453 g/mol. The Morgan fingerprint density at radius 2 is 1.72 bits per heavy atom. The minimum Gasteiger partial charge on any atom is -0.406 e. The lowest BCUT2D eigenvalue weighted by atomic mass is 9.92. The average molecular weight is 453 g/mol. The van der Waals surface area contributed by atoms with Gasteiger partial charge in [-0.25, -0.2) is 9.18 Å². The van der Waals surface area contributed by atoms with Gasteiger partial charge in [0.1, 0.15) is 23.7 Å². The number of amides is 4. The number of rotatable bonds is 6. The Kier molecular flexibility index (Phi) is 6.11. The second-order valence-electron chi connectivity index (χ2n) is 7.36. The summed E-state index contributed by atoms with van der Waals surface area (Å²) >= 11 is 0. The van der Waals surface area contributed by atoms with Crippen molar-refractivity contribution >= 4 is 17.8 Å². The van der Waals surface area contributed by atoms with Crippen LogP contribution >= 0.6 is 0 Å². The highest BCUT2D eigenvalue weighted by molar-refractivity contribution is 6.09. The molecule has 1 saturated heterocycles. The van der Waals surface area contributed by atoms with Crippen LogP contribution in [0.1, 0.15) is 31.0 Å². The van der Waals surface area contributed by atoms with Crippen molar-refractivity contribution < 1.29 is 36.7 Å². The molecule has 7 nitrogen and oxygen atoms in total. The molecule has 4 amide bonds. The van der Waals surface area contributed by atoms with Crippen LogP contribution in [0.25, 0.3) is 0 Å². The third-order valence-electron chi connectivity index (χ3n) is 4.99. The molecule has 2 atom stereocenters. The van der Waals surface area contributed by atoms with E-state index in [1.807, 2.05) is 0 Å². The number of hydrogen-bond acceptors (Lipinski definition) is 4. The van der Waals surface area contributed by atoms with Crippen molar-refractivity contribution in [1.82, 2.24) is 15.5 Å². The second-order valence-corrected chi connectivity index (χ2v) is 7.36. The molecule has 0 aliphatic carbocycles. The van der Waals surface area contributed by atoms with E-state index >= 15 is 0 Å². The lowest BCUT2D eigenvalue weighted by Gasteiger charge is -2.23. The van der Waals surface area contributed by atoms with Crippen molar-refractivity contribution in [3.63, 3.8) is 0 Å². The summed E-state index contributed by atoms with van der Waals surface area (Å²) in [5.41, 5.74) is -0.729. The Hall–Kier alpha value is -3.63. The number of ether oxygens (including phenoxy) is 1. The number of imide groups is 1. The lowest BCUT2D eigenvalue weighted by Crippen LogP contribution is -2.43. The van der Waals surface area contributed by atoms with Gasteiger partial charge in [-0.15, -0.1) is 13.2 Å². The molecule has 170 valence electrons. The summed E-state index contributed by atoms with van der Waals surface area (Å²) in [6.45, 7) is 2.47. The van der Waals surface area contributed by atoms with Crippen LogP contribution in [0.4, 0.5) is 22.4 Å². The van der Waals surface area contributed by atoms with E-state index in [2.05, 4.69) is 15.4 Å². The first-order valence-electron chi connectivity index (χ1n) is 9.44. The summed E-state index contributed by atoms with van der Waals surface area (Å²) in [6.07, 6.45) is -4.86. The lowest BCUT2D eigenvalue weighted by molar-refractivity contribution is -0.274. The first kappa shape index (κ1) is 23.0. The van der Waals surface area contributed by atoms with Gasteiger partial charge in [0.15, 0.2) is 0 Å². The molecule has 11 heteroatoms. The largest absolute Gasteiger partial charge is 0.573 e. The van der Waals surface area contributed by atoms with Crippen LogP contribution in [0.2, 0.25) is 0 Å². The predicted molar refractivity (Wildman–Crippen MR) is 104 cm³/mol. The van der Waals surface area contributed by atoms with Gasteiger partial charge < -0.3 is 15.4 Å². The zero-order valence-electron chi connectivity index (χ0n) is 17.0. The molecule has 1 aliphatic rings. The number of nitrogens with one attached hydrogen (secondary N) is 2. The number of carbonyl (C=O) groups is 3. The molecular weight excluding hydrogens is 434 g/mol. The summed E-state index contributed by atoms with van der Waals surface area (Å²) < 4.78 is 53.8. The molecule has 2 aromatic rings. The molecule has 0 saturated carbocycles. The minimum absolute atomic E-state index is 0.216. The van der Waals surface area contributed by atoms with Crippen molar-refractivity contribution in [3.05, 3.63) is 65.5 Å². The number of nitrogens with zero attached hydrogens (tertiary/aromatic N) is 1. The SMILES string of the molecule is CC(NC(=O)CN1C(=O)NC(C)(c2ccc(OC(F)(F)F)cc2)C1=O)c1ccc(F)cc1. The fourth-order valence-electron chi connectivity index (χ4n) is 3.29. The fourth-order valence-corrected chi connectivity index (χ4v) is 3.29. The van der Waals surface area contributed by atoms with Crippen molar-refractivity contribution in [2.24, 2.45) is 0 Å². The minimum atomic E-state index is -4.86. The molecule has 32 heavy (non-hydrogen) atoms. The van der Waals surface area contributed by atoms with Crippen LogP contribution < -0.4 is 15.4 Å². The van der Waals surface area contributed by atoms with E-state index in [0.717, 1.165) is 12.1 Å². The van der Waals surface area contributed by atoms with Gasteiger partial charge >= 0.3 is 12.4 Å². The summed E-state index contributed by atoms with van der Waals surface area (Å²) in [5, 5.41) is 5.09. The summed E-state index contributed by atoms with van der Waals surface area (Å²) in [5.74, 6) is -2.27. The number of benzene rings is 2. The van der Waals surface area contributed by atoms with Gasteiger partial charge in [0.25, 0.3) is 5.91 Å². The van der Waals surface area contributed by atoms with E-state index in [1.54, 1.807) is 6.92 Å². The molecule has 0 radical (unpaired) electrons. The van der Waals surface area contributed by atoms with E-state index in [1.165, 1.54) is 43.3 Å². The number of alkyl halides is 3. The highest BCUT2D eigenvalue weighted by Gasteiger charge is 2.49. The maximum absolute atomic E-state index is 13.0. The van der Waals surface area contributed by atoms with E-state index in [9.17, 15) is 31.9 Å².